The van der Waals surface area contributed by atoms with Crippen LogP contribution in [0.15, 0.2) is 48.5 Å². The van der Waals surface area contributed by atoms with Crippen molar-refractivity contribution < 1.29 is 14.3 Å². The van der Waals surface area contributed by atoms with E-state index in [1.165, 1.54) is 5.56 Å². The predicted molar refractivity (Wildman–Crippen MR) is 134 cm³/mol. The van der Waals surface area contributed by atoms with Crippen molar-refractivity contribution >= 4 is 23.4 Å². The highest BCUT2D eigenvalue weighted by Gasteiger charge is 2.23. The Balaban J connectivity index is 2.00. The summed E-state index contributed by atoms with van der Waals surface area (Å²) in [6.07, 6.45) is 1.99. The lowest BCUT2D eigenvalue weighted by Crippen LogP contribution is -2.51. The first-order chi connectivity index (χ1) is 15.7. The molecule has 0 saturated carbocycles. The van der Waals surface area contributed by atoms with E-state index in [1.54, 1.807) is 25.2 Å². The minimum atomic E-state index is -0.685. The van der Waals surface area contributed by atoms with Crippen LogP contribution in [0.3, 0.4) is 0 Å². The quantitative estimate of drug-likeness (QED) is 0.476. The Morgan fingerprint density at radius 3 is 2.39 bits per heavy atom. The van der Waals surface area contributed by atoms with Gasteiger partial charge in [0, 0.05) is 19.2 Å². The van der Waals surface area contributed by atoms with E-state index in [0.29, 0.717) is 28.8 Å². The normalized spacial score (nSPS) is 13.0. The Hall–Kier alpha value is -2.57. The number of benzene rings is 2. The molecular formula is C26H36ClN3O3. The first-order valence-corrected chi connectivity index (χ1v) is 11.8. The molecule has 0 aliphatic carbocycles. The molecule has 2 aromatic carbocycles. The number of rotatable bonds is 12. The van der Waals surface area contributed by atoms with Crippen molar-refractivity contribution in [1.29, 1.82) is 0 Å². The third-order valence-electron chi connectivity index (χ3n) is 5.54. The largest absolute Gasteiger partial charge is 0.489 e. The van der Waals surface area contributed by atoms with Gasteiger partial charge < -0.3 is 20.3 Å². The summed E-state index contributed by atoms with van der Waals surface area (Å²) in [5, 5.41) is 5.85. The third-order valence-corrected chi connectivity index (χ3v) is 5.84. The molecule has 180 valence electrons. The molecule has 0 bridgehead atoms. The van der Waals surface area contributed by atoms with Crippen LogP contribution in [0.2, 0.25) is 5.02 Å². The minimum Gasteiger partial charge on any atom is -0.489 e. The second kappa shape index (κ2) is 13.2. The van der Waals surface area contributed by atoms with Gasteiger partial charge in [-0.1, -0.05) is 48.9 Å². The van der Waals surface area contributed by atoms with Crippen LogP contribution in [-0.2, 0) is 4.79 Å². The highest BCUT2D eigenvalue weighted by Crippen LogP contribution is 2.26. The SMILES string of the molecule is CCC(CCN(C)C[C@H](NC(=O)c1ccc(OC(C)C)c(Cl)c1)C(=O)NC)c1ccccc1. The summed E-state index contributed by atoms with van der Waals surface area (Å²) in [5.41, 5.74) is 1.70. The van der Waals surface area contributed by atoms with E-state index in [9.17, 15) is 9.59 Å². The number of nitrogens with zero attached hydrogens (tertiary/aromatic N) is 1. The van der Waals surface area contributed by atoms with Gasteiger partial charge in [-0.2, -0.15) is 0 Å². The molecule has 33 heavy (non-hydrogen) atoms. The van der Waals surface area contributed by atoms with Crippen LogP contribution in [0, 0.1) is 0 Å². The predicted octanol–water partition coefficient (Wildman–Crippen LogP) is 4.49. The van der Waals surface area contributed by atoms with Gasteiger partial charge in [0.15, 0.2) is 0 Å². The Labute approximate surface area is 202 Å². The first-order valence-electron chi connectivity index (χ1n) is 11.5. The molecule has 2 atom stereocenters. The summed E-state index contributed by atoms with van der Waals surface area (Å²) in [4.78, 5) is 27.4. The molecule has 2 amide bonds. The summed E-state index contributed by atoms with van der Waals surface area (Å²) in [7, 11) is 3.54. The van der Waals surface area contributed by atoms with Crippen LogP contribution in [0.5, 0.6) is 5.75 Å². The lowest BCUT2D eigenvalue weighted by Gasteiger charge is -2.26. The number of carbonyl (C=O) groups excluding carboxylic acids is 2. The van der Waals surface area contributed by atoms with E-state index in [1.807, 2.05) is 27.0 Å². The fourth-order valence-corrected chi connectivity index (χ4v) is 3.94. The second-order valence-corrected chi connectivity index (χ2v) is 8.93. The minimum absolute atomic E-state index is 0.0236. The molecule has 6 nitrogen and oxygen atoms in total. The lowest BCUT2D eigenvalue weighted by atomic mass is 9.93. The van der Waals surface area contributed by atoms with Crippen LogP contribution in [0.25, 0.3) is 0 Å². The molecule has 2 rings (SSSR count). The monoisotopic (exact) mass is 473 g/mol. The molecule has 0 aromatic heterocycles. The van der Waals surface area contributed by atoms with Crippen molar-refractivity contribution in [1.82, 2.24) is 15.5 Å². The molecule has 2 aromatic rings. The molecule has 1 unspecified atom stereocenters. The molecule has 0 spiro atoms. The first kappa shape index (κ1) is 26.7. The maximum absolute atomic E-state index is 12.8. The Bertz CT molecular complexity index is 905. The maximum Gasteiger partial charge on any atom is 0.252 e. The van der Waals surface area contributed by atoms with Crippen molar-refractivity contribution in [2.24, 2.45) is 0 Å². The molecule has 2 N–H and O–H groups in total. The highest BCUT2D eigenvalue weighted by atomic mass is 35.5. The smallest absolute Gasteiger partial charge is 0.252 e. The summed E-state index contributed by atoms with van der Waals surface area (Å²) < 4.78 is 5.62. The number of amides is 2. The molecule has 7 heteroatoms. The van der Waals surface area contributed by atoms with Gasteiger partial charge in [0.25, 0.3) is 5.91 Å². The van der Waals surface area contributed by atoms with Crippen LogP contribution in [0.4, 0.5) is 0 Å². The highest BCUT2D eigenvalue weighted by molar-refractivity contribution is 6.32. The number of hydrogen-bond acceptors (Lipinski definition) is 4. The average Bonchev–Trinajstić information content (AvgIpc) is 2.80. The average molecular weight is 474 g/mol. The number of ether oxygens (including phenoxy) is 1. The number of hydrogen-bond donors (Lipinski definition) is 2. The number of carbonyl (C=O) groups is 2. The molecule has 0 aliphatic rings. The molecule has 0 radical (unpaired) electrons. The summed E-state index contributed by atoms with van der Waals surface area (Å²) in [5.74, 6) is 0.381. The van der Waals surface area contributed by atoms with Crippen LogP contribution < -0.4 is 15.4 Å². The Kier molecular flexibility index (Phi) is 10.7. The molecular weight excluding hydrogens is 438 g/mol. The Morgan fingerprint density at radius 2 is 1.82 bits per heavy atom. The van der Waals surface area contributed by atoms with E-state index < -0.39 is 6.04 Å². The summed E-state index contributed by atoms with van der Waals surface area (Å²) in [6, 6.07) is 14.7. The van der Waals surface area contributed by atoms with E-state index in [-0.39, 0.29) is 17.9 Å². The Morgan fingerprint density at radius 1 is 1.12 bits per heavy atom. The van der Waals surface area contributed by atoms with Crippen molar-refractivity contribution in [3.63, 3.8) is 0 Å². The van der Waals surface area contributed by atoms with Gasteiger partial charge in [0.05, 0.1) is 11.1 Å². The topological polar surface area (TPSA) is 70.7 Å². The molecule has 0 saturated heterocycles. The van der Waals surface area contributed by atoms with E-state index in [2.05, 4.69) is 46.7 Å². The van der Waals surface area contributed by atoms with Crippen molar-refractivity contribution in [3.05, 3.63) is 64.7 Å². The molecule has 0 aliphatic heterocycles. The van der Waals surface area contributed by atoms with E-state index >= 15 is 0 Å². The van der Waals surface area contributed by atoms with Crippen LogP contribution >= 0.6 is 11.6 Å². The van der Waals surface area contributed by atoms with Crippen LogP contribution in [-0.4, -0.2) is 56.0 Å². The standard InChI is InChI=1S/C26H36ClN3O3/c1-6-19(20-10-8-7-9-11-20)14-15-30(5)17-23(26(32)28-4)29-25(31)21-12-13-24(22(27)16-21)33-18(2)3/h7-13,16,18-19,23H,6,14-15,17H2,1-5H3,(H,28,32)(H,29,31)/t19?,23-/m0/s1. The van der Waals surface area contributed by atoms with Gasteiger partial charge in [0.2, 0.25) is 5.91 Å². The second-order valence-electron chi connectivity index (χ2n) is 8.52. The number of likely N-dealkylation sites (N-methyl/N-ethyl adjacent to an activating group) is 2. The third kappa shape index (κ3) is 8.37. The van der Waals surface area contributed by atoms with Crippen molar-refractivity contribution in [2.75, 3.05) is 27.2 Å². The van der Waals surface area contributed by atoms with Gasteiger partial charge in [0.1, 0.15) is 11.8 Å². The van der Waals surface area contributed by atoms with Gasteiger partial charge in [-0.15, -0.1) is 0 Å². The van der Waals surface area contributed by atoms with Crippen molar-refractivity contribution in [3.8, 4) is 5.75 Å². The van der Waals surface area contributed by atoms with Crippen LogP contribution in [0.1, 0.15) is 55.5 Å². The number of nitrogens with one attached hydrogen (secondary N) is 2. The molecule has 0 heterocycles. The van der Waals surface area contributed by atoms with E-state index in [4.69, 9.17) is 16.3 Å². The molecule has 0 fully saturated rings. The fraction of sp³-hybridized carbons (Fsp3) is 0.462. The summed E-state index contributed by atoms with van der Waals surface area (Å²) in [6.45, 7) is 7.21. The lowest BCUT2D eigenvalue weighted by molar-refractivity contribution is -0.122. The maximum atomic E-state index is 12.8. The number of halogens is 1. The summed E-state index contributed by atoms with van der Waals surface area (Å²) >= 11 is 6.27. The zero-order valence-corrected chi connectivity index (χ0v) is 21.0. The zero-order chi connectivity index (χ0) is 24.4. The van der Waals surface area contributed by atoms with Gasteiger partial charge >= 0.3 is 0 Å². The van der Waals surface area contributed by atoms with Crippen molar-refractivity contribution in [2.45, 2.75) is 51.7 Å². The van der Waals surface area contributed by atoms with Gasteiger partial charge in [-0.05, 0) is 70.0 Å². The van der Waals surface area contributed by atoms with Gasteiger partial charge in [-0.25, -0.2) is 0 Å². The van der Waals surface area contributed by atoms with E-state index in [0.717, 1.165) is 19.4 Å². The fourth-order valence-electron chi connectivity index (χ4n) is 3.71. The van der Waals surface area contributed by atoms with Gasteiger partial charge in [-0.3, -0.25) is 9.59 Å². The zero-order valence-electron chi connectivity index (χ0n) is 20.2.